The Bertz CT molecular complexity index is 242. The summed E-state index contributed by atoms with van der Waals surface area (Å²) in [4.78, 5) is 22.2. The number of aliphatic hydroxyl groups excluding tert-OH is 2. The number of esters is 2. The van der Waals surface area contributed by atoms with Gasteiger partial charge in [-0.25, -0.2) is 0 Å². The summed E-state index contributed by atoms with van der Waals surface area (Å²) in [6, 6.07) is 0. The molecule has 114 valence electrons. The molecule has 0 aliphatic carbocycles. The number of ether oxygens (including phenoxy) is 3. The Balaban J connectivity index is 0. The van der Waals surface area contributed by atoms with Crippen LogP contribution in [0.5, 0.6) is 0 Å². The lowest BCUT2D eigenvalue weighted by Gasteiger charge is -2.19. The first-order chi connectivity index (χ1) is 8.98. The van der Waals surface area contributed by atoms with Gasteiger partial charge in [-0.2, -0.15) is 0 Å². The van der Waals surface area contributed by atoms with Crippen LogP contribution in [0.25, 0.3) is 0 Å². The Morgan fingerprint density at radius 2 is 1.74 bits per heavy atom. The molecule has 0 saturated heterocycles. The van der Waals surface area contributed by atoms with Gasteiger partial charge in [0, 0.05) is 20.6 Å². The van der Waals surface area contributed by atoms with Crippen LogP contribution in [0.15, 0.2) is 0 Å². The fourth-order valence-electron chi connectivity index (χ4n) is 0.891. The lowest BCUT2D eigenvalue weighted by atomic mass is 10.1. The highest BCUT2D eigenvalue weighted by Crippen LogP contribution is 2.09. The lowest BCUT2D eigenvalue weighted by molar-refractivity contribution is -0.189. The highest BCUT2D eigenvalue weighted by atomic mass is 16.6. The predicted octanol–water partition coefficient (Wildman–Crippen LogP) is 0.0823. The minimum absolute atomic E-state index is 0.0826. The molecule has 2 N–H and O–H groups in total. The van der Waals surface area contributed by atoms with Gasteiger partial charge in [0.05, 0.1) is 13.2 Å². The Labute approximate surface area is 113 Å². The van der Waals surface area contributed by atoms with Crippen molar-refractivity contribution in [2.75, 3.05) is 27.4 Å². The van der Waals surface area contributed by atoms with Crippen molar-refractivity contribution in [1.29, 1.82) is 0 Å². The van der Waals surface area contributed by atoms with Crippen LogP contribution in [0, 0.1) is 5.92 Å². The minimum Gasteiger partial charge on any atom is -0.465 e. The topological polar surface area (TPSA) is 102 Å². The van der Waals surface area contributed by atoms with E-state index in [4.69, 9.17) is 9.84 Å². The number of methoxy groups -OCH3 is 1. The lowest BCUT2D eigenvalue weighted by Crippen LogP contribution is -2.36. The third kappa shape index (κ3) is 10.4. The van der Waals surface area contributed by atoms with Crippen molar-refractivity contribution in [3.8, 4) is 0 Å². The number of hydrogen-bond acceptors (Lipinski definition) is 7. The van der Waals surface area contributed by atoms with Crippen molar-refractivity contribution < 1.29 is 34.0 Å². The Morgan fingerprint density at radius 1 is 1.21 bits per heavy atom. The smallest absolute Gasteiger partial charge is 0.317 e. The molecule has 0 spiro atoms. The SMILES string of the molecule is CCCOC(=O)C(CO)C(O)OC(=O)CC.COC. The second-order valence-corrected chi connectivity index (χ2v) is 3.60. The number of carbonyl (C=O) groups excluding carboxylic acids is 2. The summed E-state index contributed by atoms with van der Waals surface area (Å²) in [5.41, 5.74) is 0. The molecule has 0 heterocycles. The summed E-state index contributed by atoms with van der Waals surface area (Å²) in [5.74, 6) is -2.67. The number of aliphatic hydroxyl groups is 2. The van der Waals surface area contributed by atoms with E-state index in [1.807, 2.05) is 6.92 Å². The fourth-order valence-corrected chi connectivity index (χ4v) is 0.891. The first kappa shape index (κ1) is 20.1. The molecule has 2 unspecified atom stereocenters. The van der Waals surface area contributed by atoms with Crippen LogP contribution < -0.4 is 0 Å². The summed E-state index contributed by atoms with van der Waals surface area (Å²) < 4.78 is 13.5. The quantitative estimate of drug-likeness (QED) is 0.503. The van der Waals surface area contributed by atoms with Gasteiger partial charge in [-0.1, -0.05) is 13.8 Å². The zero-order valence-electron chi connectivity index (χ0n) is 11.9. The molecule has 2 atom stereocenters. The van der Waals surface area contributed by atoms with Gasteiger partial charge in [-0.3, -0.25) is 9.59 Å². The maximum atomic E-state index is 11.3. The van der Waals surface area contributed by atoms with E-state index in [1.165, 1.54) is 0 Å². The Kier molecular flexibility index (Phi) is 14.1. The van der Waals surface area contributed by atoms with E-state index in [0.717, 1.165) is 0 Å². The van der Waals surface area contributed by atoms with Gasteiger partial charge in [0.1, 0.15) is 5.92 Å². The van der Waals surface area contributed by atoms with Crippen LogP contribution in [-0.4, -0.2) is 55.9 Å². The third-order valence-corrected chi connectivity index (χ3v) is 1.83. The highest BCUT2D eigenvalue weighted by Gasteiger charge is 2.30. The Hall–Kier alpha value is -1.18. The van der Waals surface area contributed by atoms with Crippen LogP contribution in [0.1, 0.15) is 26.7 Å². The maximum Gasteiger partial charge on any atom is 0.317 e. The number of hydrogen-bond donors (Lipinski definition) is 2. The molecule has 0 bridgehead atoms. The predicted molar refractivity (Wildman–Crippen MR) is 67.1 cm³/mol. The standard InChI is InChI=1S/C10H18O6.C2H6O/c1-3-5-15-9(13)7(6-11)10(14)16-8(12)4-2;1-3-2/h7,10-11,14H,3-6H2,1-2H3;1-2H3. The molecule has 0 aromatic rings. The molecule has 0 amide bonds. The van der Waals surface area contributed by atoms with E-state index >= 15 is 0 Å². The fraction of sp³-hybridized carbons (Fsp3) is 0.833. The van der Waals surface area contributed by atoms with Gasteiger partial charge < -0.3 is 24.4 Å². The van der Waals surface area contributed by atoms with Gasteiger partial charge in [-0.05, 0) is 6.42 Å². The van der Waals surface area contributed by atoms with Gasteiger partial charge >= 0.3 is 11.9 Å². The molecule has 7 nitrogen and oxygen atoms in total. The van der Waals surface area contributed by atoms with Crippen LogP contribution >= 0.6 is 0 Å². The summed E-state index contributed by atoms with van der Waals surface area (Å²) in [7, 11) is 3.25. The molecule has 7 heteroatoms. The second kappa shape index (κ2) is 13.3. The Morgan fingerprint density at radius 3 is 2.11 bits per heavy atom. The van der Waals surface area contributed by atoms with E-state index in [1.54, 1.807) is 21.1 Å². The van der Waals surface area contributed by atoms with Crippen LogP contribution in [0.3, 0.4) is 0 Å². The van der Waals surface area contributed by atoms with Crippen LogP contribution in [0.4, 0.5) is 0 Å². The normalized spacial score (nSPS) is 12.7. The van der Waals surface area contributed by atoms with Crippen molar-refractivity contribution >= 4 is 11.9 Å². The molecule has 0 radical (unpaired) electrons. The molecule has 0 rings (SSSR count). The van der Waals surface area contributed by atoms with E-state index in [-0.39, 0.29) is 13.0 Å². The van der Waals surface area contributed by atoms with Crippen molar-refractivity contribution in [3.05, 3.63) is 0 Å². The molecule has 0 fully saturated rings. The zero-order valence-corrected chi connectivity index (χ0v) is 11.9. The molecule has 0 aliphatic heterocycles. The highest BCUT2D eigenvalue weighted by molar-refractivity contribution is 5.74. The summed E-state index contributed by atoms with van der Waals surface area (Å²) in [6.45, 7) is 2.93. The van der Waals surface area contributed by atoms with Gasteiger partial charge in [0.15, 0.2) is 0 Å². The first-order valence-electron chi connectivity index (χ1n) is 6.03. The van der Waals surface area contributed by atoms with Crippen molar-refractivity contribution in [1.82, 2.24) is 0 Å². The summed E-state index contributed by atoms with van der Waals surface area (Å²) in [5, 5.41) is 18.3. The largest absolute Gasteiger partial charge is 0.465 e. The van der Waals surface area contributed by atoms with Crippen molar-refractivity contribution in [2.24, 2.45) is 5.92 Å². The minimum atomic E-state index is -1.66. The number of carbonyl (C=O) groups is 2. The van der Waals surface area contributed by atoms with E-state index in [9.17, 15) is 14.7 Å². The van der Waals surface area contributed by atoms with Gasteiger partial charge in [0.25, 0.3) is 0 Å². The monoisotopic (exact) mass is 280 g/mol. The van der Waals surface area contributed by atoms with Crippen molar-refractivity contribution in [2.45, 2.75) is 33.0 Å². The van der Waals surface area contributed by atoms with E-state index < -0.39 is 30.8 Å². The molecular weight excluding hydrogens is 256 g/mol. The van der Waals surface area contributed by atoms with Gasteiger partial charge in [0.2, 0.25) is 6.29 Å². The maximum absolute atomic E-state index is 11.3. The van der Waals surface area contributed by atoms with Crippen molar-refractivity contribution in [3.63, 3.8) is 0 Å². The summed E-state index contributed by atoms with van der Waals surface area (Å²) in [6.07, 6.45) is -0.949. The molecule has 0 aromatic carbocycles. The molecular formula is C12H24O7. The van der Waals surface area contributed by atoms with Crippen LogP contribution in [0.2, 0.25) is 0 Å². The zero-order chi connectivity index (χ0) is 15.3. The van der Waals surface area contributed by atoms with Crippen LogP contribution in [-0.2, 0) is 23.8 Å². The van der Waals surface area contributed by atoms with E-state index in [0.29, 0.717) is 6.42 Å². The van der Waals surface area contributed by atoms with E-state index in [2.05, 4.69) is 9.47 Å². The molecule has 0 saturated carbocycles. The number of rotatable bonds is 7. The second-order valence-electron chi connectivity index (χ2n) is 3.60. The molecule has 19 heavy (non-hydrogen) atoms. The average Bonchev–Trinajstić information content (AvgIpc) is 2.37. The summed E-state index contributed by atoms with van der Waals surface area (Å²) >= 11 is 0. The molecule has 0 aliphatic rings. The first-order valence-corrected chi connectivity index (χ1v) is 6.03. The molecule has 0 aromatic heterocycles. The third-order valence-electron chi connectivity index (χ3n) is 1.83. The average molecular weight is 280 g/mol. The van der Waals surface area contributed by atoms with Gasteiger partial charge in [-0.15, -0.1) is 0 Å².